The summed E-state index contributed by atoms with van der Waals surface area (Å²) < 4.78 is 5.97. The van der Waals surface area contributed by atoms with Crippen LogP contribution in [0.4, 0.5) is 0 Å². The van der Waals surface area contributed by atoms with Crippen LogP contribution >= 0.6 is 0 Å². The lowest BCUT2D eigenvalue weighted by atomic mass is 10.2. The monoisotopic (exact) mass is 288 g/mol. The summed E-state index contributed by atoms with van der Waals surface area (Å²) in [5, 5.41) is 2.62. The van der Waals surface area contributed by atoms with E-state index >= 15 is 0 Å². The second-order valence-electron chi connectivity index (χ2n) is 6.30. The fourth-order valence-electron chi connectivity index (χ4n) is 1.23. The highest BCUT2D eigenvalue weighted by atomic mass is 28.4. The second-order valence-corrected chi connectivity index (χ2v) is 11.1. The van der Waals surface area contributed by atoms with Gasteiger partial charge in [-0.05, 0) is 25.1 Å². The third kappa shape index (κ3) is 6.31. The molecule has 0 bridgehead atoms. The third-order valence-corrected chi connectivity index (χ3v) is 8.12. The van der Waals surface area contributed by atoms with Crippen molar-refractivity contribution in [2.75, 3.05) is 13.1 Å². The number of carbonyl (C=O) groups is 2. The van der Waals surface area contributed by atoms with Crippen LogP contribution in [0.15, 0.2) is 0 Å². The number of rotatable bonds is 7. The number of hydrogen-bond donors (Lipinski definition) is 2. The van der Waals surface area contributed by atoms with Crippen molar-refractivity contribution in [1.29, 1.82) is 0 Å². The lowest BCUT2D eigenvalue weighted by Gasteiger charge is -2.38. The number of nitrogens with one attached hydrogen (secondary N) is 1. The number of Topliss-reactive ketones (excluding diaryl/α,β-unsaturated/α-hetero) is 1. The maximum atomic E-state index is 11.9. The van der Waals surface area contributed by atoms with Crippen molar-refractivity contribution in [1.82, 2.24) is 5.32 Å². The maximum Gasteiger partial charge on any atom is 0.221 e. The van der Waals surface area contributed by atoms with Crippen LogP contribution in [-0.4, -0.2) is 39.2 Å². The average molecular weight is 288 g/mol. The summed E-state index contributed by atoms with van der Waals surface area (Å²) in [7, 11) is -1.96. The molecule has 0 aromatic carbocycles. The van der Waals surface area contributed by atoms with Gasteiger partial charge in [0.2, 0.25) is 5.91 Å². The van der Waals surface area contributed by atoms with Crippen molar-refractivity contribution in [2.24, 2.45) is 5.73 Å². The highest BCUT2D eigenvalue weighted by Gasteiger charge is 2.39. The Kier molecular flexibility index (Phi) is 6.89. The van der Waals surface area contributed by atoms with Gasteiger partial charge < -0.3 is 15.5 Å². The summed E-state index contributed by atoms with van der Waals surface area (Å²) in [6.45, 7) is 12.6. The van der Waals surface area contributed by atoms with Crippen molar-refractivity contribution in [3.05, 3.63) is 0 Å². The van der Waals surface area contributed by atoms with E-state index in [-0.39, 0.29) is 36.2 Å². The van der Waals surface area contributed by atoms with Crippen molar-refractivity contribution >= 4 is 20.0 Å². The Bertz CT molecular complexity index is 324. The molecule has 1 amide bonds. The highest BCUT2D eigenvalue weighted by Crippen LogP contribution is 2.37. The van der Waals surface area contributed by atoms with Gasteiger partial charge in [-0.3, -0.25) is 9.59 Å². The van der Waals surface area contributed by atoms with Gasteiger partial charge in [0.1, 0.15) is 6.10 Å². The van der Waals surface area contributed by atoms with Gasteiger partial charge in [0.15, 0.2) is 14.1 Å². The van der Waals surface area contributed by atoms with Crippen molar-refractivity contribution < 1.29 is 14.0 Å². The van der Waals surface area contributed by atoms with E-state index in [4.69, 9.17) is 10.2 Å². The van der Waals surface area contributed by atoms with Crippen molar-refractivity contribution in [2.45, 2.75) is 58.4 Å². The number of hydrogen-bond acceptors (Lipinski definition) is 4. The summed E-state index contributed by atoms with van der Waals surface area (Å²) >= 11 is 0. The van der Waals surface area contributed by atoms with E-state index in [0.717, 1.165) is 0 Å². The predicted molar refractivity (Wildman–Crippen MR) is 79.4 cm³/mol. The normalized spacial score (nSPS) is 14.1. The molecule has 112 valence electrons. The number of amides is 1. The molecule has 0 saturated carbocycles. The summed E-state index contributed by atoms with van der Waals surface area (Å²) in [4.78, 5) is 23.1. The first-order chi connectivity index (χ1) is 8.51. The zero-order valence-corrected chi connectivity index (χ0v) is 14.0. The predicted octanol–water partition coefficient (Wildman–Crippen LogP) is 1.43. The molecule has 6 heteroatoms. The lowest BCUT2D eigenvalue weighted by molar-refractivity contribution is -0.128. The van der Waals surface area contributed by atoms with E-state index in [1.165, 1.54) is 0 Å². The van der Waals surface area contributed by atoms with Gasteiger partial charge in [-0.1, -0.05) is 20.8 Å². The standard InChI is InChI=1S/C13H28N2O3Si/c1-10(18-19(5,6)13(2,3)4)11(16)9-15-12(17)7-8-14/h10H,7-9,14H2,1-6H3,(H,15,17)/t10-/m1/s1. The SMILES string of the molecule is C[C@@H](O[Si](C)(C)C(C)(C)C)C(=O)CNC(=O)CCN. The summed E-state index contributed by atoms with van der Waals surface area (Å²) in [6.07, 6.45) is -0.246. The quantitative estimate of drug-likeness (QED) is 0.694. The van der Waals surface area contributed by atoms with Crippen LogP contribution in [0.5, 0.6) is 0 Å². The molecule has 0 aromatic heterocycles. The van der Waals surface area contributed by atoms with Crippen LogP contribution in [0.2, 0.25) is 18.1 Å². The molecule has 19 heavy (non-hydrogen) atoms. The molecule has 0 fully saturated rings. The molecular weight excluding hydrogens is 260 g/mol. The Morgan fingerprint density at radius 3 is 2.26 bits per heavy atom. The minimum Gasteiger partial charge on any atom is -0.407 e. The van der Waals surface area contributed by atoms with Gasteiger partial charge in [-0.2, -0.15) is 0 Å². The molecule has 0 spiro atoms. The summed E-state index contributed by atoms with van der Waals surface area (Å²) in [6, 6.07) is 0. The van der Waals surface area contributed by atoms with Crippen LogP contribution in [0, 0.1) is 0 Å². The smallest absolute Gasteiger partial charge is 0.221 e. The summed E-state index contributed by atoms with van der Waals surface area (Å²) in [5.41, 5.74) is 5.26. The van der Waals surface area contributed by atoms with E-state index < -0.39 is 14.4 Å². The minimum absolute atomic E-state index is 0.00855. The van der Waals surface area contributed by atoms with Gasteiger partial charge in [-0.25, -0.2) is 0 Å². The van der Waals surface area contributed by atoms with E-state index in [9.17, 15) is 9.59 Å². The first-order valence-electron chi connectivity index (χ1n) is 6.68. The van der Waals surface area contributed by atoms with E-state index in [2.05, 4.69) is 39.2 Å². The van der Waals surface area contributed by atoms with Crippen LogP contribution in [-0.2, 0) is 14.0 Å². The number of carbonyl (C=O) groups excluding carboxylic acids is 2. The maximum absolute atomic E-state index is 11.9. The zero-order valence-electron chi connectivity index (χ0n) is 13.0. The van der Waals surface area contributed by atoms with E-state index in [1.54, 1.807) is 6.92 Å². The van der Waals surface area contributed by atoms with Gasteiger partial charge >= 0.3 is 0 Å². The van der Waals surface area contributed by atoms with Gasteiger partial charge in [0.05, 0.1) is 6.54 Å². The van der Waals surface area contributed by atoms with E-state index in [0.29, 0.717) is 0 Å². The van der Waals surface area contributed by atoms with Gasteiger partial charge in [-0.15, -0.1) is 0 Å². The fourth-order valence-corrected chi connectivity index (χ4v) is 2.60. The lowest BCUT2D eigenvalue weighted by Crippen LogP contribution is -2.47. The first kappa shape index (κ1) is 18.3. The van der Waals surface area contributed by atoms with Crippen LogP contribution in [0.1, 0.15) is 34.1 Å². The topological polar surface area (TPSA) is 81.4 Å². The van der Waals surface area contributed by atoms with Crippen LogP contribution < -0.4 is 11.1 Å². The molecule has 0 aliphatic rings. The molecule has 0 unspecified atom stereocenters. The zero-order chi connectivity index (χ0) is 15.3. The van der Waals surface area contributed by atoms with Crippen molar-refractivity contribution in [3.63, 3.8) is 0 Å². The molecule has 0 aliphatic carbocycles. The molecule has 0 aromatic rings. The largest absolute Gasteiger partial charge is 0.407 e. The first-order valence-corrected chi connectivity index (χ1v) is 9.59. The molecule has 0 rings (SSSR count). The van der Waals surface area contributed by atoms with Crippen molar-refractivity contribution in [3.8, 4) is 0 Å². The Hall–Kier alpha value is -0.723. The molecule has 0 saturated heterocycles. The van der Waals surface area contributed by atoms with Crippen LogP contribution in [0.25, 0.3) is 0 Å². The summed E-state index contributed by atoms with van der Waals surface area (Å²) in [5.74, 6) is -0.300. The second kappa shape index (κ2) is 7.16. The Morgan fingerprint density at radius 2 is 1.84 bits per heavy atom. The molecule has 3 N–H and O–H groups in total. The number of ketones is 1. The molecule has 1 atom stereocenters. The Morgan fingerprint density at radius 1 is 1.32 bits per heavy atom. The van der Waals surface area contributed by atoms with Gasteiger partial charge in [0, 0.05) is 13.0 Å². The van der Waals surface area contributed by atoms with E-state index in [1.807, 2.05) is 0 Å². The molecule has 0 aliphatic heterocycles. The van der Waals surface area contributed by atoms with Crippen LogP contribution in [0.3, 0.4) is 0 Å². The average Bonchev–Trinajstić information content (AvgIpc) is 2.24. The molecule has 0 radical (unpaired) electrons. The molecular formula is C13H28N2O3Si. The van der Waals surface area contributed by atoms with Gasteiger partial charge in [0.25, 0.3) is 0 Å². The minimum atomic E-state index is -1.96. The molecule has 5 nitrogen and oxygen atoms in total. The number of nitrogens with two attached hydrogens (primary N) is 1. The third-order valence-electron chi connectivity index (χ3n) is 3.56. The fraction of sp³-hybridized carbons (Fsp3) is 0.846. The highest BCUT2D eigenvalue weighted by molar-refractivity contribution is 6.74. The Labute approximate surface area is 117 Å². The Balaban J connectivity index is 4.32. The molecule has 0 heterocycles.